The Labute approximate surface area is 121 Å². The van der Waals surface area contributed by atoms with Gasteiger partial charge in [-0.3, -0.25) is 15.0 Å². The first-order valence-electron chi connectivity index (χ1n) is 6.08. The molecule has 0 saturated heterocycles. The molecule has 2 N–H and O–H groups in total. The summed E-state index contributed by atoms with van der Waals surface area (Å²) in [6, 6.07) is 6.54. The van der Waals surface area contributed by atoms with Crippen LogP contribution in [0.25, 0.3) is 0 Å². The topological polar surface area (TPSA) is 85.3 Å². The largest absolute Gasteiger partial charge is 0.325 e. The van der Waals surface area contributed by atoms with Gasteiger partial charge < -0.3 is 5.73 Å². The summed E-state index contributed by atoms with van der Waals surface area (Å²) in [6.45, 7) is 0.394. The normalized spacial score (nSPS) is 12.6. The lowest BCUT2D eigenvalue weighted by atomic mass is 10.1. The first kappa shape index (κ1) is 14.6. The first-order valence-corrected chi connectivity index (χ1v) is 6.96. The Balaban J connectivity index is 2.43. The molecule has 6 nitrogen and oxygen atoms in total. The van der Waals surface area contributed by atoms with Crippen molar-refractivity contribution in [1.82, 2.24) is 9.88 Å². The van der Waals surface area contributed by atoms with Crippen LogP contribution in [0.5, 0.6) is 0 Å². The Morgan fingerprint density at radius 3 is 2.80 bits per heavy atom. The van der Waals surface area contributed by atoms with Gasteiger partial charge in [-0.15, -0.1) is 11.3 Å². The number of thiazole rings is 1. The number of aromatic nitrogens is 1. The molecular formula is C13H16N4O2S. The SMILES string of the molecule is CN(C)C(c1cccc([N+](=O)[O-])c1)c1nc(CN)cs1. The number of rotatable bonds is 5. The van der Waals surface area contributed by atoms with Crippen LogP contribution in [0.1, 0.15) is 22.3 Å². The summed E-state index contributed by atoms with van der Waals surface area (Å²) in [6.07, 6.45) is 0. The Bertz CT molecular complexity index is 612. The third kappa shape index (κ3) is 3.01. The average molecular weight is 292 g/mol. The molecule has 0 bridgehead atoms. The maximum Gasteiger partial charge on any atom is 0.269 e. The van der Waals surface area contributed by atoms with Gasteiger partial charge in [-0.05, 0) is 19.7 Å². The molecule has 0 saturated carbocycles. The van der Waals surface area contributed by atoms with Crippen molar-refractivity contribution in [2.24, 2.45) is 5.73 Å². The van der Waals surface area contributed by atoms with E-state index in [1.54, 1.807) is 12.1 Å². The summed E-state index contributed by atoms with van der Waals surface area (Å²) in [4.78, 5) is 17.0. The Hall–Kier alpha value is -1.83. The van der Waals surface area contributed by atoms with Crippen molar-refractivity contribution in [1.29, 1.82) is 0 Å². The van der Waals surface area contributed by atoms with E-state index in [1.165, 1.54) is 17.4 Å². The van der Waals surface area contributed by atoms with Crippen LogP contribution in [0, 0.1) is 10.1 Å². The van der Waals surface area contributed by atoms with Gasteiger partial charge in [0.05, 0.1) is 16.7 Å². The predicted molar refractivity (Wildman–Crippen MR) is 78.6 cm³/mol. The lowest BCUT2D eigenvalue weighted by molar-refractivity contribution is -0.384. The number of nitrogens with two attached hydrogens (primary N) is 1. The highest BCUT2D eigenvalue weighted by molar-refractivity contribution is 7.09. The molecule has 0 aliphatic heterocycles. The van der Waals surface area contributed by atoms with Crippen molar-refractivity contribution >= 4 is 17.0 Å². The minimum atomic E-state index is -0.386. The molecule has 1 heterocycles. The third-order valence-electron chi connectivity index (χ3n) is 2.93. The molecule has 2 aromatic rings. The highest BCUT2D eigenvalue weighted by Crippen LogP contribution is 2.30. The van der Waals surface area contributed by atoms with Crippen molar-refractivity contribution in [3.8, 4) is 0 Å². The van der Waals surface area contributed by atoms with Crippen LogP contribution in [0.15, 0.2) is 29.6 Å². The summed E-state index contributed by atoms with van der Waals surface area (Å²) >= 11 is 1.52. The van der Waals surface area contributed by atoms with E-state index in [-0.39, 0.29) is 16.7 Å². The minimum Gasteiger partial charge on any atom is -0.325 e. The molecule has 0 radical (unpaired) electrons. The first-order chi connectivity index (χ1) is 9.52. The quantitative estimate of drug-likeness (QED) is 0.674. The molecule has 1 unspecified atom stereocenters. The monoisotopic (exact) mass is 292 g/mol. The number of benzene rings is 1. The number of hydrogen-bond donors (Lipinski definition) is 1. The zero-order chi connectivity index (χ0) is 14.7. The Morgan fingerprint density at radius 2 is 2.25 bits per heavy atom. The second-order valence-electron chi connectivity index (χ2n) is 4.60. The molecule has 0 aliphatic rings. The van der Waals surface area contributed by atoms with Crippen molar-refractivity contribution in [2.45, 2.75) is 12.6 Å². The summed E-state index contributed by atoms with van der Waals surface area (Å²) < 4.78 is 0. The van der Waals surface area contributed by atoms with E-state index in [2.05, 4.69) is 4.98 Å². The van der Waals surface area contributed by atoms with Gasteiger partial charge in [0.25, 0.3) is 5.69 Å². The molecule has 1 atom stereocenters. The molecular weight excluding hydrogens is 276 g/mol. The molecule has 0 spiro atoms. The van der Waals surface area contributed by atoms with Crippen LogP contribution in [-0.2, 0) is 6.54 Å². The third-order valence-corrected chi connectivity index (χ3v) is 3.87. The number of nitro benzene ring substituents is 1. The Morgan fingerprint density at radius 1 is 1.50 bits per heavy atom. The maximum absolute atomic E-state index is 10.9. The van der Waals surface area contributed by atoms with Crippen molar-refractivity contribution in [2.75, 3.05) is 14.1 Å². The molecule has 106 valence electrons. The zero-order valence-corrected chi connectivity index (χ0v) is 12.1. The van der Waals surface area contributed by atoms with Crippen LogP contribution in [-0.4, -0.2) is 28.9 Å². The number of hydrogen-bond acceptors (Lipinski definition) is 6. The Kier molecular flexibility index (Phi) is 4.43. The summed E-state index contributed by atoms with van der Waals surface area (Å²) in [5, 5.41) is 13.7. The van der Waals surface area contributed by atoms with E-state index in [9.17, 15) is 10.1 Å². The molecule has 1 aromatic carbocycles. The van der Waals surface area contributed by atoms with E-state index >= 15 is 0 Å². The molecule has 0 fully saturated rings. The van der Waals surface area contributed by atoms with Gasteiger partial charge in [0, 0.05) is 24.1 Å². The molecule has 7 heteroatoms. The molecule has 20 heavy (non-hydrogen) atoms. The average Bonchev–Trinajstić information content (AvgIpc) is 2.87. The van der Waals surface area contributed by atoms with Gasteiger partial charge in [-0.1, -0.05) is 12.1 Å². The predicted octanol–water partition coefficient (Wildman–Crippen LogP) is 2.16. The minimum absolute atomic E-state index is 0.0879. The van der Waals surface area contributed by atoms with E-state index in [0.717, 1.165) is 16.3 Å². The lowest BCUT2D eigenvalue weighted by Gasteiger charge is -2.22. The number of nitro groups is 1. The summed E-state index contributed by atoms with van der Waals surface area (Å²) in [5.74, 6) is 0. The number of non-ortho nitro benzene ring substituents is 1. The number of nitrogens with zero attached hydrogens (tertiary/aromatic N) is 3. The summed E-state index contributed by atoms with van der Waals surface area (Å²) in [7, 11) is 3.85. The van der Waals surface area contributed by atoms with Gasteiger partial charge >= 0.3 is 0 Å². The van der Waals surface area contributed by atoms with E-state index in [4.69, 9.17) is 5.73 Å². The van der Waals surface area contributed by atoms with Crippen LogP contribution in [0.2, 0.25) is 0 Å². The van der Waals surface area contributed by atoms with Crippen LogP contribution >= 0.6 is 11.3 Å². The molecule has 1 aromatic heterocycles. The smallest absolute Gasteiger partial charge is 0.269 e. The fourth-order valence-electron chi connectivity index (χ4n) is 2.01. The second kappa shape index (κ2) is 6.08. The van der Waals surface area contributed by atoms with Gasteiger partial charge in [-0.25, -0.2) is 4.98 Å². The van der Waals surface area contributed by atoms with E-state index in [0.29, 0.717) is 6.54 Å². The van der Waals surface area contributed by atoms with Crippen LogP contribution < -0.4 is 5.73 Å². The van der Waals surface area contributed by atoms with Gasteiger partial charge in [0.1, 0.15) is 5.01 Å². The van der Waals surface area contributed by atoms with Crippen LogP contribution in [0.4, 0.5) is 5.69 Å². The fourth-order valence-corrected chi connectivity index (χ4v) is 3.06. The highest BCUT2D eigenvalue weighted by Gasteiger charge is 2.22. The second-order valence-corrected chi connectivity index (χ2v) is 5.49. The van der Waals surface area contributed by atoms with E-state index in [1.807, 2.05) is 30.4 Å². The van der Waals surface area contributed by atoms with E-state index < -0.39 is 0 Å². The van der Waals surface area contributed by atoms with Gasteiger partial charge in [0.2, 0.25) is 0 Å². The summed E-state index contributed by atoms with van der Waals surface area (Å²) in [5.41, 5.74) is 7.36. The van der Waals surface area contributed by atoms with Gasteiger partial charge in [0.15, 0.2) is 0 Å². The highest BCUT2D eigenvalue weighted by atomic mass is 32.1. The molecule has 0 amide bonds. The van der Waals surface area contributed by atoms with Crippen molar-refractivity contribution in [3.63, 3.8) is 0 Å². The molecule has 0 aliphatic carbocycles. The van der Waals surface area contributed by atoms with Crippen molar-refractivity contribution in [3.05, 3.63) is 56.0 Å². The fraction of sp³-hybridized carbons (Fsp3) is 0.308. The zero-order valence-electron chi connectivity index (χ0n) is 11.3. The van der Waals surface area contributed by atoms with Crippen molar-refractivity contribution < 1.29 is 4.92 Å². The standard InChI is InChI=1S/C13H16N4O2S/c1-16(2)12(13-15-10(7-14)8-20-13)9-4-3-5-11(6-9)17(18)19/h3-6,8,12H,7,14H2,1-2H3. The molecule has 2 rings (SSSR count). The maximum atomic E-state index is 10.9. The van der Waals surface area contributed by atoms with Gasteiger partial charge in [-0.2, -0.15) is 0 Å². The lowest BCUT2D eigenvalue weighted by Crippen LogP contribution is -2.21. The van der Waals surface area contributed by atoms with Crippen LogP contribution in [0.3, 0.4) is 0 Å².